The number of likely N-dealkylation sites (tertiary alicyclic amines) is 1. The van der Waals surface area contributed by atoms with Crippen LogP contribution in [-0.2, 0) is 17.4 Å². The number of H-pyrrole nitrogens is 1. The molecule has 32 heavy (non-hydrogen) atoms. The topological polar surface area (TPSA) is 36.1 Å². The maximum Gasteiger partial charge on any atom is 0.416 e. The van der Waals surface area contributed by atoms with Crippen molar-refractivity contribution in [2.75, 3.05) is 13.1 Å². The van der Waals surface area contributed by atoms with Crippen molar-refractivity contribution in [1.82, 2.24) is 9.88 Å². The molecule has 1 aliphatic rings. The minimum atomic E-state index is -4.43. The zero-order valence-corrected chi connectivity index (χ0v) is 18.5. The molecule has 1 atom stereocenters. The molecule has 1 aromatic heterocycles. The number of carbonyl (C=O) groups excluding carboxylic acids is 1. The minimum Gasteiger partial charge on any atom is -0.361 e. The first kappa shape index (κ1) is 22.4. The number of hydrogen-bond donors (Lipinski definition) is 1. The Morgan fingerprint density at radius 2 is 1.88 bits per heavy atom. The Hall–Kier alpha value is -2.76. The number of para-hydroxylation sites is 1. The van der Waals surface area contributed by atoms with E-state index in [0.29, 0.717) is 24.6 Å². The number of alkyl halides is 3. The summed E-state index contributed by atoms with van der Waals surface area (Å²) in [5.41, 5.74) is 2.83. The molecule has 1 amide bonds. The lowest BCUT2D eigenvalue weighted by Crippen LogP contribution is -2.38. The predicted octanol–water partition coefficient (Wildman–Crippen LogP) is 6.53. The third-order valence-corrected chi connectivity index (χ3v) is 6.72. The fourth-order valence-electron chi connectivity index (χ4n) is 4.72. The van der Waals surface area contributed by atoms with Crippen molar-refractivity contribution in [3.63, 3.8) is 0 Å². The number of aryl methyl sites for hydroxylation is 1. The van der Waals surface area contributed by atoms with Gasteiger partial charge in [0.05, 0.1) is 5.56 Å². The van der Waals surface area contributed by atoms with Crippen molar-refractivity contribution in [1.29, 1.82) is 0 Å². The van der Waals surface area contributed by atoms with Gasteiger partial charge in [-0.25, -0.2) is 0 Å². The first-order valence-corrected chi connectivity index (χ1v) is 11.3. The average molecular weight is 443 g/mol. The second-order valence-corrected chi connectivity index (χ2v) is 8.88. The highest BCUT2D eigenvalue weighted by Crippen LogP contribution is 2.38. The van der Waals surface area contributed by atoms with Crippen LogP contribution in [0.4, 0.5) is 13.2 Å². The second kappa shape index (κ2) is 9.00. The Morgan fingerprint density at radius 3 is 2.56 bits per heavy atom. The highest BCUT2D eigenvalue weighted by atomic mass is 19.4. The second-order valence-electron chi connectivity index (χ2n) is 8.88. The standard InChI is InChI=1S/C26H29F3N2O/c1-3-18-6-5-9-21-23(16-30-25(18)21)22(15-24(32)31-12-10-17(2)11-13-31)19-7-4-8-20(14-19)26(27,28)29/h4-9,14,16-17,22,30H,3,10-13,15H2,1-2H3. The summed E-state index contributed by atoms with van der Waals surface area (Å²) in [5, 5.41) is 0.965. The van der Waals surface area contributed by atoms with Gasteiger partial charge in [-0.05, 0) is 47.9 Å². The van der Waals surface area contributed by atoms with Crippen LogP contribution in [0.25, 0.3) is 10.9 Å². The number of rotatable bonds is 5. The fourth-order valence-corrected chi connectivity index (χ4v) is 4.72. The molecule has 1 fully saturated rings. The number of amides is 1. The maximum absolute atomic E-state index is 13.4. The van der Waals surface area contributed by atoms with E-state index < -0.39 is 17.7 Å². The number of nitrogens with one attached hydrogen (secondary N) is 1. The Kier molecular flexibility index (Phi) is 6.31. The Labute approximate surface area is 186 Å². The number of aromatic amines is 1. The van der Waals surface area contributed by atoms with Gasteiger partial charge in [0.1, 0.15) is 0 Å². The van der Waals surface area contributed by atoms with Gasteiger partial charge in [0.25, 0.3) is 0 Å². The molecule has 1 N–H and O–H groups in total. The van der Waals surface area contributed by atoms with Gasteiger partial charge in [0.15, 0.2) is 0 Å². The minimum absolute atomic E-state index is 0.000285. The normalized spacial score (nSPS) is 16.5. The summed E-state index contributed by atoms with van der Waals surface area (Å²) >= 11 is 0. The molecular weight excluding hydrogens is 413 g/mol. The number of piperidine rings is 1. The molecule has 6 heteroatoms. The summed E-state index contributed by atoms with van der Waals surface area (Å²) in [7, 11) is 0. The van der Waals surface area contributed by atoms with Crippen molar-refractivity contribution in [3.05, 3.63) is 70.9 Å². The summed E-state index contributed by atoms with van der Waals surface area (Å²) in [6.45, 7) is 5.68. The van der Waals surface area contributed by atoms with Crippen LogP contribution >= 0.6 is 0 Å². The molecular formula is C26H29F3N2O. The molecule has 170 valence electrons. The third kappa shape index (κ3) is 4.54. The number of benzene rings is 2. The van der Waals surface area contributed by atoms with E-state index in [1.165, 1.54) is 12.1 Å². The van der Waals surface area contributed by atoms with E-state index in [1.807, 2.05) is 29.3 Å². The van der Waals surface area contributed by atoms with E-state index in [-0.39, 0.29) is 12.3 Å². The Bertz CT molecular complexity index is 1090. The zero-order valence-electron chi connectivity index (χ0n) is 18.5. The van der Waals surface area contributed by atoms with E-state index in [1.54, 1.807) is 6.07 Å². The quantitative estimate of drug-likeness (QED) is 0.479. The van der Waals surface area contributed by atoms with Crippen LogP contribution in [0.5, 0.6) is 0 Å². The van der Waals surface area contributed by atoms with Crippen LogP contribution in [0.1, 0.15) is 61.3 Å². The molecule has 2 aromatic carbocycles. The molecule has 3 nitrogen and oxygen atoms in total. The molecule has 0 spiro atoms. The smallest absolute Gasteiger partial charge is 0.361 e. The van der Waals surface area contributed by atoms with Crippen LogP contribution in [0.2, 0.25) is 0 Å². The third-order valence-electron chi connectivity index (χ3n) is 6.72. The molecule has 0 aliphatic carbocycles. The van der Waals surface area contributed by atoms with E-state index in [2.05, 4.69) is 18.8 Å². The number of hydrogen-bond acceptors (Lipinski definition) is 1. The largest absolute Gasteiger partial charge is 0.416 e. The fraction of sp³-hybridized carbons (Fsp3) is 0.423. The lowest BCUT2D eigenvalue weighted by Gasteiger charge is -2.31. The number of fused-ring (bicyclic) bond motifs is 1. The van der Waals surface area contributed by atoms with Gasteiger partial charge in [-0.3, -0.25) is 4.79 Å². The van der Waals surface area contributed by atoms with E-state index >= 15 is 0 Å². The molecule has 0 radical (unpaired) electrons. The van der Waals surface area contributed by atoms with Crippen LogP contribution in [0.3, 0.4) is 0 Å². The number of nitrogens with zero attached hydrogens (tertiary/aromatic N) is 1. The summed E-state index contributed by atoms with van der Waals surface area (Å²) in [6, 6.07) is 11.4. The lowest BCUT2D eigenvalue weighted by molar-refractivity contribution is -0.137. The van der Waals surface area contributed by atoms with Crippen LogP contribution < -0.4 is 0 Å². The highest BCUT2D eigenvalue weighted by Gasteiger charge is 2.32. The molecule has 1 unspecified atom stereocenters. The lowest BCUT2D eigenvalue weighted by atomic mass is 9.86. The first-order chi connectivity index (χ1) is 15.3. The summed E-state index contributed by atoms with van der Waals surface area (Å²) in [6.07, 6.45) is 0.360. The van der Waals surface area contributed by atoms with Crippen LogP contribution in [0, 0.1) is 5.92 Å². The van der Waals surface area contributed by atoms with Crippen molar-refractivity contribution in [2.24, 2.45) is 5.92 Å². The van der Waals surface area contributed by atoms with E-state index in [4.69, 9.17) is 0 Å². The van der Waals surface area contributed by atoms with Gasteiger partial charge in [-0.2, -0.15) is 13.2 Å². The van der Waals surface area contributed by atoms with E-state index in [0.717, 1.165) is 47.4 Å². The summed E-state index contributed by atoms with van der Waals surface area (Å²) < 4.78 is 40.3. The number of carbonyl (C=O) groups is 1. The summed E-state index contributed by atoms with van der Waals surface area (Å²) in [4.78, 5) is 18.4. The maximum atomic E-state index is 13.4. The van der Waals surface area contributed by atoms with Crippen molar-refractivity contribution in [2.45, 2.75) is 51.6 Å². The van der Waals surface area contributed by atoms with Crippen molar-refractivity contribution < 1.29 is 18.0 Å². The highest BCUT2D eigenvalue weighted by molar-refractivity contribution is 5.88. The molecule has 0 bridgehead atoms. The van der Waals surface area contributed by atoms with Gasteiger partial charge in [-0.1, -0.05) is 50.2 Å². The Morgan fingerprint density at radius 1 is 1.16 bits per heavy atom. The molecule has 2 heterocycles. The predicted molar refractivity (Wildman–Crippen MR) is 121 cm³/mol. The molecule has 1 aliphatic heterocycles. The molecule has 3 aromatic rings. The molecule has 1 saturated heterocycles. The van der Waals surface area contributed by atoms with Gasteiger partial charge < -0.3 is 9.88 Å². The number of halogens is 3. The SMILES string of the molecule is CCc1cccc2c(C(CC(=O)N3CCC(C)CC3)c3cccc(C(F)(F)F)c3)c[nH]c12. The zero-order chi connectivity index (χ0) is 22.9. The summed E-state index contributed by atoms with van der Waals surface area (Å²) in [5.74, 6) is 0.143. The van der Waals surface area contributed by atoms with E-state index in [9.17, 15) is 18.0 Å². The number of aromatic nitrogens is 1. The van der Waals surface area contributed by atoms with Gasteiger partial charge in [0, 0.05) is 42.5 Å². The van der Waals surface area contributed by atoms with Crippen molar-refractivity contribution >= 4 is 16.8 Å². The van der Waals surface area contributed by atoms with Crippen molar-refractivity contribution in [3.8, 4) is 0 Å². The first-order valence-electron chi connectivity index (χ1n) is 11.3. The monoisotopic (exact) mass is 442 g/mol. The average Bonchev–Trinajstić information content (AvgIpc) is 3.21. The van der Waals surface area contributed by atoms with Crippen LogP contribution in [0.15, 0.2) is 48.7 Å². The Balaban J connectivity index is 1.75. The van der Waals surface area contributed by atoms with Gasteiger partial charge >= 0.3 is 6.18 Å². The molecule has 4 rings (SSSR count). The van der Waals surface area contributed by atoms with Gasteiger partial charge in [-0.15, -0.1) is 0 Å². The van der Waals surface area contributed by atoms with Crippen LogP contribution in [-0.4, -0.2) is 28.9 Å². The van der Waals surface area contributed by atoms with Gasteiger partial charge in [0.2, 0.25) is 5.91 Å². The molecule has 0 saturated carbocycles.